The van der Waals surface area contributed by atoms with Crippen LogP contribution < -0.4 is 15.5 Å². The van der Waals surface area contributed by atoms with Crippen LogP contribution in [0.1, 0.15) is 24.8 Å². The van der Waals surface area contributed by atoms with Gasteiger partial charge in [-0.2, -0.15) is 0 Å². The number of Topliss-reactive ketones (excluding diaryl/α,β-unsaturated/α-hetero) is 1. The standard InChI is InChI=1S/C25H22BrN3O4/c1-28-16-10-5-3-8-14(16)25(24(28)32)20-18(12-7-13-19(20)30)29(17-11-6-4-9-15(17)26)22(27)21(25)23(31)33-2/h3-6,8-11H,7,12-13,27H2,1-2H3. The minimum Gasteiger partial charge on any atom is -0.466 e. The van der Waals surface area contributed by atoms with Crippen molar-refractivity contribution in [1.82, 2.24) is 0 Å². The number of hydrogen-bond donors (Lipinski definition) is 1. The number of fused-ring (bicyclic) bond motifs is 3. The smallest absolute Gasteiger partial charge is 0.339 e. The molecule has 0 bridgehead atoms. The zero-order valence-electron chi connectivity index (χ0n) is 18.2. The van der Waals surface area contributed by atoms with Gasteiger partial charge in [0.2, 0.25) is 5.91 Å². The summed E-state index contributed by atoms with van der Waals surface area (Å²) >= 11 is 3.57. The number of carbonyl (C=O) groups excluding carboxylic acids is 3. The van der Waals surface area contributed by atoms with E-state index in [2.05, 4.69) is 15.9 Å². The molecule has 0 aromatic heterocycles. The molecule has 2 heterocycles. The molecule has 0 radical (unpaired) electrons. The molecular weight excluding hydrogens is 486 g/mol. The number of para-hydroxylation sites is 2. The molecule has 2 aromatic carbocycles. The Morgan fingerprint density at radius 2 is 1.73 bits per heavy atom. The van der Waals surface area contributed by atoms with Gasteiger partial charge in [-0.15, -0.1) is 0 Å². The van der Waals surface area contributed by atoms with E-state index in [0.29, 0.717) is 41.1 Å². The van der Waals surface area contributed by atoms with Crippen LogP contribution in [-0.2, 0) is 24.5 Å². The molecule has 1 amide bonds. The molecule has 2 aliphatic heterocycles. The lowest BCUT2D eigenvalue weighted by Crippen LogP contribution is -2.54. The SMILES string of the molecule is COC(=O)C1=C(N)N(c2ccccc2Br)C2=C(C(=O)CCC2)C12C(=O)N(C)c1ccccc12. The van der Waals surface area contributed by atoms with E-state index >= 15 is 0 Å². The van der Waals surface area contributed by atoms with Crippen LogP contribution in [-0.4, -0.2) is 31.8 Å². The third-order valence-electron chi connectivity index (χ3n) is 6.68. The lowest BCUT2D eigenvalue weighted by molar-refractivity contribution is -0.138. The monoisotopic (exact) mass is 507 g/mol. The Labute approximate surface area is 199 Å². The average Bonchev–Trinajstić information content (AvgIpc) is 3.03. The molecule has 1 aliphatic carbocycles. The molecule has 0 fully saturated rings. The lowest BCUT2D eigenvalue weighted by atomic mass is 9.63. The third kappa shape index (κ3) is 2.70. The quantitative estimate of drug-likeness (QED) is 0.625. The number of methoxy groups -OCH3 is 1. The maximum Gasteiger partial charge on any atom is 0.339 e. The first-order valence-corrected chi connectivity index (χ1v) is 11.4. The van der Waals surface area contributed by atoms with Crippen molar-refractivity contribution in [3.63, 3.8) is 0 Å². The predicted octanol–water partition coefficient (Wildman–Crippen LogP) is 3.53. The molecule has 3 aliphatic rings. The van der Waals surface area contributed by atoms with Crippen LogP contribution in [0.5, 0.6) is 0 Å². The third-order valence-corrected chi connectivity index (χ3v) is 7.35. The Balaban J connectivity index is 1.95. The second-order valence-electron chi connectivity index (χ2n) is 8.27. The molecule has 2 N–H and O–H groups in total. The number of allylic oxidation sites excluding steroid dienone is 1. The second-order valence-corrected chi connectivity index (χ2v) is 9.12. The van der Waals surface area contributed by atoms with Gasteiger partial charge >= 0.3 is 5.97 Å². The Bertz CT molecular complexity index is 1300. The highest BCUT2D eigenvalue weighted by atomic mass is 79.9. The minimum atomic E-state index is -1.65. The topological polar surface area (TPSA) is 92.9 Å². The maximum atomic E-state index is 14.0. The number of ketones is 1. The molecule has 2 aromatic rings. The summed E-state index contributed by atoms with van der Waals surface area (Å²) in [6.07, 6.45) is 1.46. The van der Waals surface area contributed by atoms with Crippen molar-refractivity contribution in [2.75, 3.05) is 24.0 Å². The summed E-state index contributed by atoms with van der Waals surface area (Å²) in [7, 11) is 2.90. The molecule has 7 nitrogen and oxygen atoms in total. The zero-order valence-corrected chi connectivity index (χ0v) is 19.8. The number of benzene rings is 2. The lowest BCUT2D eigenvalue weighted by Gasteiger charge is -2.44. The summed E-state index contributed by atoms with van der Waals surface area (Å²) in [5.74, 6) is -1.21. The van der Waals surface area contributed by atoms with Crippen LogP contribution in [0.25, 0.3) is 0 Å². The molecule has 168 valence electrons. The molecule has 1 atom stereocenters. The molecular formula is C25H22BrN3O4. The largest absolute Gasteiger partial charge is 0.466 e. The minimum absolute atomic E-state index is 0.0310. The van der Waals surface area contributed by atoms with Gasteiger partial charge < -0.3 is 15.4 Å². The van der Waals surface area contributed by atoms with E-state index in [-0.39, 0.29) is 29.5 Å². The van der Waals surface area contributed by atoms with Crippen LogP contribution in [0.4, 0.5) is 11.4 Å². The van der Waals surface area contributed by atoms with Crippen molar-refractivity contribution < 1.29 is 19.1 Å². The predicted molar refractivity (Wildman–Crippen MR) is 127 cm³/mol. The fourth-order valence-corrected chi connectivity index (χ4v) is 5.82. The fourth-order valence-electron chi connectivity index (χ4n) is 5.36. The Hall–Kier alpha value is -3.39. The molecule has 33 heavy (non-hydrogen) atoms. The number of hydrogen-bond acceptors (Lipinski definition) is 6. The number of nitrogens with two attached hydrogens (primary N) is 1. The summed E-state index contributed by atoms with van der Waals surface area (Å²) < 4.78 is 5.90. The summed E-state index contributed by atoms with van der Waals surface area (Å²) in [4.78, 5) is 44.2. The van der Waals surface area contributed by atoms with Gasteiger partial charge in [-0.1, -0.05) is 30.3 Å². The van der Waals surface area contributed by atoms with Crippen molar-refractivity contribution in [3.05, 3.63) is 81.2 Å². The van der Waals surface area contributed by atoms with Crippen molar-refractivity contribution in [3.8, 4) is 0 Å². The molecule has 8 heteroatoms. The van der Waals surface area contributed by atoms with Crippen LogP contribution >= 0.6 is 15.9 Å². The van der Waals surface area contributed by atoms with Gasteiger partial charge in [-0.05, 0) is 47.0 Å². The summed E-state index contributed by atoms with van der Waals surface area (Å²) in [6, 6.07) is 14.6. The summed E-state index contributed by atoms with van der Waals surface area (Å²) in [6.45, 7) is 0. The first kappa shape index (κ1) is 21.5. The first-order valence-electron chi connectivity index (χ1n) is 10.6. The average molecular weight is 508 g/mol. The number of esters is 1. The Morgan fingerprint density at radius 3 is 2.42 bits per heavy atom. The van der Waals surface area contributed by atoms with E-state index in [1.165, 1.54) is 12.0 Å². The van der Waals surface area contributed by atoms with E-state index in [9.17, 15) is 14.4 Å². The number of carbonyl (C=O) groups is 3. The Kier molecular flexibility index (Phi) is 4.93. The number of nitrogens with zero attached hydrogens (tertiary/aromatic N) is 2. The second kappa shape index (κ2) is 7.59. The number of ether oxygens (including phenoxy) is 1. The van der Waals surface area contributed by atoms with Crippen molar-refractivity contribution in [1.29, 1.82) is 0 Å². The van der Waals surface area contributed by atoms with Gasteiger partial charge in [-0.3, -0.25) is 14.5 Å². The molecule has 0 saturated heterocycles. The molecule has 1 spiro atoms. The fraction of sp³-hybridized carbons (Fsp3) is 0.240. The normalized spacial score (nSPS) is 22.2. The van der Waals surface area contributed by atoms with Crippen molar-refractivity contribution in [2.24, 2.45) is 5.73 Å². The van der Waals surface area contributed by atoms with Crippen LogP contribution in [0, 0.1) is 0 Å². The van der Waals surface area contributed by atoms with E-state index < -0.39 is 11.4 Å². The highest BCUT2D eigenvalue weighted by Crippen LogP contribution is 2.57. The number of amides is 1. The highest BCUT2D eigenvalue weighted by molar-refractivity contribution is 9.10. The van der Waals surface area contributed by atoms with E-state index in [4.69, 9.17) is 10.5 Å². The summed E-state index contributed by atoms with van der Waals surface area (Å²) in [5, 5.41) is 0. The number of anilines is 2. The van der Waals surface area contributed by atoms with Crippen molar-refractivity contribution in [2.45, 2.75) is 24.7 Å². The number of likely N-dealkylation sites (N-methyl/N-ethyl adjacent to an activating group) is 1. The Morgan fingerprint density at radius 1 is 1.06 bits per heavy atom. The van der Waals surface area contributed by atoms with Gasteiger partial charge in [0.25, 0.3) is 0 Å². The maximum absolute atomic E-state index is 14.0. The van der Waals surface area contributed by atoms with Gasteiger partial charge in [0.15, 0.2) is 5.78 Å². The van der Waals surface area contributed by atoms with Crippen LogP contribution in [0.2, 0.25) is 0 Å². The highest BCUT2D eigenvalue weighted by Gasteiger charge is 2.63. The summed E-state index contributed by atoms with van der Waals surface area (Å²) in [5.41, 5.74) is 7.89. The number of halogens is 1. The van der Waals surface area contributed by atoms with Gasteiger partial charge in [0.1, 0.15) is 16.8 Å². The molecule has 0 saturated carbocycles. The number of rotatable bonds is 2. The van der Waals surface area contributed by atoms with E-state index in [0.717, 1.165) is 4.47 Å². The van der Waals surface area contributed by atoms with E-state index in [1.807, 2.05) is 30.3 Å². The van der Waals surface area contributed by atoms with E-state index in [1.54, 1.807) is 30.1 Å². The zero-order chi connectivity index (χ0) is 23.5. The van der Waals surface area contributed by atoms with Gasteiger partial charge in [0.05, 0.1) is 12.8 Å². The van der Waals surface area contributed by atoms with Crippen LogP contribution in [0.15, 0.2) is 75.7 Å². The molecule has 5 rings (SSSR count). The molecule has 1 unspecified atom stereocenters. The van der Waals surface area contributed by atoms with Crippen molar-refractivity contribution >= 4 is 45.0 Å². The van der Waals surface area contributed by atoms with Gasteiger partial charge in [0, 0.05) is 40.5 Å². The van der Waals surface area contributed by atoms with Crippen LogP contribution in [0.3, 0.4) is 0 Å². The van der Waals surface area contributed by atoms with Gasteiger partial charge in [-0.25, -0.2) is 4.79 Å². The first-order chi connectivity index (χ1) is 15.9.